The van der Waals surface area contributed by atoms with Crippen molar-refractivity contribution in [3.8, 4) is 5.75 Å². The molecule has 0 spiro atoms. The van der Waals surface area contributed by atoms with Gasteiger partial charge in [-0.1, -0.05) is 18.2 Å². The molecule has 16 heavy (non-hydrogen) atoms. The second-order valence-electron chi connectivity index (χ2n) is 4.63. The third kappa shape index (κ3) is 1.64. The van der Waals surface area contributed by atoms with Crippen LogP contribution in [-0.4, -0.2) is 10.9 Å². The third-order valence-electron chi connectivity index (χ3n) is 3.38. The summed E-state index contributed by atoms with van der Waals surface area (Å²) in [4.78, 5) is 12.0. The second kappa shape index (κ2) is 3.78. The van der Waals surface area contributed by atoms with Gasteiger partial charge < -0.3 is 5.11 Å². The molecule has 2 heteroatoms. The Kier molecular flexibility index (Phi) is 2.58. The quantitative estimate of drug-likeness (QED) is 0.733. The zero-order chi connectivity index (χ0) is 11.9. The number of aryl methyl sites for hydroxylation is 1. The Morgan fingerprint density at radius 1 is 1.44 bits per heavy atom. The zero-order valence-corrected chi connectivity index (χ0v) is 9.71. The van der Waals surface area contributed by atoms with Gasteiger partial charge in [0.1, 0.15) is 5.75 Å². The van der Waals surface area contributed by atoms with Crippen molar-refractivity contribution in [2.45, 2.75) is 26.7 Å². The number of benzene rings is 1. The van der Waals surface area contributed by atoms with Crippen LogP contribution in [0.3, 0.4) is 0 Å². The minimum absolute atomic E-state index is 0.0375. The van der Waals surface area contributed by atoms with Crippen LogP contribution >= 0.6 is 0 Å². The predicted octanol–water partition coefficient (Wildman–Crippen LogP) is 3.02. The van der Waals surface area contributed by atoms with E-state index in [9.17, 15) is 9.90 Å². The van der Waals surface area contributed by atoms with Gasteiger partial charge in [-0.15, -0.1) is 0 Å². The molecule has 1 atom stereocenters. The van der Waals surface area contributed by atoms with Gasteiger partial charge in [-0.05, 0) is 43.4 Å². The lowest BCUT2D eigenvalue weighted by Gasteiger charge is -2.25. The molecule has 2 nitrogen and oxygen atoms in total. The van der Waals surface area contributed by atoms with E-state index < -0.39 is 0 Å². The van der Waals surface area contributed by atoms with Gasteiger partial charge in [-0.2, -0.15) is 0 Å². The summed E-state index contributed by atoms with van der Waals surface area (Å²) in [6, 6.07) is 3.47. The molecule has 84 valence electrons. The van der Waals surface area contributed by atoms with E-state index in [4.69, 9.17) is 0 Å². The fourth-order valence-electron chi connectivity index (χ4n) is 2.31. The van der Waals surface area contributed by atoms with E-state index in [1.54, 1.807) is 6.07 Å². The summed E-state index contributed by atoms with van der Waals surface area (Å²) in [5.41, 5.74) is 3.63. The van der Waals surface area contributed by atoms with Gasteiger partial charge in [0.05, 0.1) is 5.56 Å². The Balaban J connectivity index is 2.54. The topological polar surface area (TPSA) is 37.3 Å². The maximum Gasteiger partial charge on any atom is 0.167 e. The molecule has 1 N–H and O–H groups in total. The largest absolute Gasteiger partial charge is 0.507 e. The first kappa shape index (κ1) is 10.9. The standard InChI is InChI=1S/C14H16O2/c1-8(2)10-6-11-9(3)4-5-12(15)14(11)13(16)7-10/h4-5,10,15H,1,6-7H2,2-3H3/t10-/m0/s1. The van der Waals surface area contributed by atoms with E-state index >= 15 is 0 Å². The Bertz CT molecular complexity index is 472. The summed E-state index contributed by atoms with van der Waals surface area (Å²) in [5.74, 6) is 0.377. The van der Waals surface area contributed by atoms with E-state index in [1.165, 1.54) is 0 Å². The molecule has 0 unspecified atom stereocenters. The second-order valence-corrected chi connectivity index (χ2v) is 4.63. The van der Waals surface area contributed by atoms with Crippen molar-refractivity contribution in [1.29, 1.82) is 0 Å². The molecular weight excluding hydrogens is 200 g/mol. The molecule has 1 aromatic rings. The summed E-state index contributed by atoms with van der Waals surface area (Å²) in [6.45, 7) is 7.86. The molecule has 0 saturated heterocycles. The Morgan fingerprint density at radius 2 is 2.12 bits per heavy atom. The van der Waals surface area contributed by atoms with Crippen LogP contribution in [0, 0.1) is 12.8 Å². The number of carbonyl (C=O) groups excluding carboxylic acids is 1. The highest BCUT2D eigenvalue weighted by molar-refractivity contribution is 6.01. The van der Waals surface area contributed by atoms with Crippen LogP contribution in [0.25, 0.3) is 0 Å². The number of hydrogen-bond acceptors (Lipinski definition) is 2. The van der Waals surface area contributed by atoms with Gasteiger partial charge in [0.2, 0.25) is 0 Å². The maximum absolute atomic E-state index is 12.0. The van der Waals surface area contributed by atoms with Crippen LogP contribution in [-0.2, 0) is 6.42 Å². The summed E-state index contributed by atoms with van der Waals surface area (Å²) >= 11 is 0. The average Bonchev–Trinajstić information content (AvgIpc) is 2.22. The zero-order valence-electron chi connectivity index (χ0n) is 9.71. The monoisotopic (exact) mass is 216 g/mol. The Morgan fingerprint density at radius 3 is 2.75 bits per heavy atom. The van der Waals surface area contributed by atoms with Gasteiger partial charge >= 0.3 is 0 Å². The van der Waals surface area contributed by atoms with Crippen LogP contribution in [0.1, 0.15) is 34.8 Å². The van der Waals surface area contributed by atoms with Gasteiger partial charge in [-0.3, -0.25) is 4.79 Å². The molecule has 2 rings (SSSR count). The molecule has 0 amide bonds. The van der Waals surface area contributed by atoms with E-state index in [1.807, 2.05) is 19.9 Å². The highest BCUT2D eigenvalue weighted by Crippen LogP contribution is 2.35. The van der Waals surface area contributed by atoms with Gasteiger partial charge in [0.15, 0.2) is 5.78 Å². The number of fused-ring (bicyclic) bond motifs is 1. The summed E-state index contributed by atoms with van der Waals surface area (Å²) < 4.78 is 0. The predicted molar refractivity (Wildman–Crippen MR) is 63.8 cm³/mol. The maximum atomic E-state index is 12.0. The molecule has 0 aliphatic heterocycles. The number of Topliss-reactive ketones (excluding diaryl/α,β-unsaturated/α-hetero) is 1. The van der Waals surface area contributed by atoms with Crippen molar-refractivity contribution in [3.63, 3.8) is 0 Å². The van der Waals surface area contributed by atoms with E-state index in [0.717, 1.165) is 23.1 Å². The van der Waals surface area contributed by atoms with Crippen molar-refractivity contribution in [2.75, 3.05) is 0 Å². The summed E-state index contributed by atoms with van der Waals surface area (Å²) in [6.07, 6.45) is 1.29. The van der Waals surface area contributed by atoms with E-state index in [2.05, 4.69) is 6.58 Å². The third-order valence-corrected chi connectivity index (χ3v) is 3.38. The lowest BCUT2D eigenvalue weighted by atomic mass is 9.78. The normalized spacial score (nSPS) is 19.4. The molecule has 0 aromatic heterocycles. The average molecular weight is 216 g/mol. The van der Waals surface area contributed by atoms with Crippen LogP contribution in [0.4, 0.5) is 0 Å². The number of ketones is 1. The van der Waals surface area contributed by atoms with Gasteiger partial charge in [0.25, 0.3) is 0 Å². The number of rotatable bonds is 1. The number of allylic oxidation sites excluding steroid dienone is 1. The van der Waals surface area contributed by atoms with E-state index in [0.29, 0.717) is 12.0 Å². The van der Waals surface area contributed by atoms with Crippen molar-refractivity contribution in [3.05, 3.63) is 41.0 Å². The fraction of sp³-hybridized carbons (Fsp3) is 0.357. The molecule has 0 heterocycles. The first-order chi connectivity index (χ1) is 7.50. The number of aromatic hydroxyl groups is 1. The van der Waals surface area contributed by atoms with E-state index in [-0.39, 0.29) is 17.5 Å². The first-order valence-corrected chi connectivity index (χ1v) is 5.50. The molecule has 1 aliphatic carbocycles. The molecule has 0 bridgehead atoms. The molecule has 1 aromatic carbocycles. The summed E-state index contributed by atoms with van der Waals surface area (Å²) in [7, 11) is 0. The minimum Gasteiger partial charge on any atom is -0.507 e. The summed E-state index contributed by atoms with van der Waals surface area (Å²) in [5, 5.41) is 9.73. The van der Waals surface area contributed by atoms with Crippen LogP contribution in [0.15, 0.2) is 24.3 Å². The van der Waals surface area contributed by atoms with Crippen molar-refractivity contribution in [1.82, 2.24) is 0 Å². The highest BCUT2D eigenvalue weighted by atomic mass is 16.3. The Hall–Kier alpha value is -1.57. The lowest BCUT2D eigenvalue weighted by molar-refractivity contribution is 0.0953. The minimum atomic E-state index is 0.0375. The molecule has 1 aliphatic rings. The van der Waals surface area contributed by atoms with Crippen molar-refractivity contribution < 1.29 is 9.90 Å². The fourth-order valence-corrected chi connectivity index (χ4v) is 2.31. The highest BCUT2D eigenvalue weighted by Gasteiger charge is 2.28. The van der Waals surface area contributed by atoms with Crippen molar-refractivity contribution >= 4 is 5.78 Å². The van der Waals surface area contributed by atoms with Gasteiger partial charge in [0, 0.05) is 6.42 Å². The van der Waals surface area contributed by atoms with Gasteiger partial charge in [-0.25, -0.2) is 0 Å². The Labute approximate surface area is 95.6 Å². The molecule has 0 radical (unpaired) electrons. The molecular formula is C14H16O2. The van der Waals surface area contributed by atoms with Crippen LogP contribution in [0.5, 0.6) is 5.75 Å². The molecule has 0 saturated carbocycles. The first-order valence-electron chi connectivity index (χ1n) is 5.50. The van der Waals surface area contributed by atoms with Crippen LogP contribution < -0.4 is 0 Å². The SMILES string of the molecule is C=C(C)[C@@H]1CC(=O)c2c(O)ccc(C)c2C1. The number of carbonyl (C=O) groups is 1. The number of phenols is 1. The number of hydrogen-bond donors (Lipinski definition) is 1. The molecule has 0 fully saturated rings. The van der Waals surface area contributed by atoms with Crippen LogP contribution in [0.2, 0.25) is 0 Å². The number of phenolic OH excluding ortho intramolecular Hbond substituents is 1. The van der Waals surface area contributed by atoms with Crippen molar-refractivity contribution in [2.24, 2.45) is 5.92 Å². The smallest absolute Gasteiger partial charge is 0.167 e. The lowest BCUT2D eigenvalue weighted by Crippen LogP contribution is -2.21.